The molecule has 0 bridgehead atoms. The second-order valence-electron chi connectivity index (χ2n) is 15.2. The molecule has 4 heterocycles. The summed E-state index contributed by atoms with van der Waals surface area (Å²) in [5, 5.41) is 14.3. The summed E-state index contributed by atoms with van der Waals surface area (Å²) in [5.41, 5.74) is 20.0. The van der Waals surface area contributed by atoms with Gasteiger partial charge in [0, 0.05) is 80.1 Å². The van der Waals surface area contributed by atoms with E-state index in [0.29, 0.717) is 0 Å². The number of aromatic nitrogens is 4. The highest BCUT2D eigenvalue weighted by atomic mass is 16.3. The van der Waals surface area contributed by atoms with Crippen LogP contribution in [-0.4, -0.2) is 29.7 Å². The summed E-state index contributed by atoms with van der Waals surface area (Å²) in [6.45, 7) is 21.4. The van der Waals surface area contributed by atoms with E-state index in [4.69, 9.17) is 0 Å². The van der Waals surface area contributed by atoms with Crippen molar-refractivity contribution < 1.29 is 9.90 Å². The third-order valence-electron chi connectivity index (χ3n) is 11.4. The van der Waals surface area contributed by atoms with E-state index in [2.05, 4.69) is 156 Å². The van der Waals surface area contributed by atoms with Crippen LogP contribution in [0.4, 0.5) is 0 Å². The lowest BCUT2D eigenvalue weighted by atomic mass is 10.0. The molecule has 0 atom stereocenters. The molecule has 8 rings (SSSR count). The average Bonchev–Trinajstić information content (AvgIpc) is 3.91. The maximum absolute atomic E-state index is 11.0. The Kier molecular flexibility index (Phi) is 11.8. The summed E-state index contributed by atoms with van der Waals surface area (Å²) < 4.78 is 8.56. The van der Waals surface area contributed by atoms with Crippen LogP contribution in [0.25, 0.3) is 43.6 Å². The Hall–Kier alpha value is -5.33. The van der Waals surface area contributed by atoms with Gasteiger partial charge in [0.25, 0.3) is 0 Å². The van der Waals surface area contributed by atoms with Crippen LogP contribution in [0, 0.1) is 69.2 Å². The number of aldehydes is 1. The zero-order valence-corrected chi connectivity index (χ0v) is 34.9. The predicted octanol–water partition coefficient (Wildman–Crippen LogP) is 11.1. The first-order valence-electron chi connectivity index (χ1n) is 18.7. The summed E-state index contributed by atoms with van der Waals surface area (Å²) in [7, 11) is 8.25. The molecule has 282 valence electrons. The Morgan fingerprint density at radius 3 is 1.13 bits per heavy atom. The summed E-state index contributed by atoms with van der Waals surface area (Å²) in [5.74, 6) is 0. The minimum atomic E-state index is 0.123. The predicted molar refractivity (Wildman–Crippen MR) is 230 cm³/mol. The molecule has 0 unspecified atom stereocenters. The smallest absolute Gasteiger partial charge is 0.150 e. The van der Waals surface area contributed by atoms with E-state index in [0.717, 1.165) is 33.9 Å². The molecule has 8 aromatic rings. The Balaban J connectivity index is 0.000000139. The Morgan fingerprint density at radius 1 is 0.444 bits per heavy atom. The Labute approximate surface area is 321 Å². The van der Waals surface area contributed by atoms with Crippen LogP contribution in [0.1, 0.15) is 71.6 Å². The van der Waals surface area contributed by atoms with Gasteiger partial charge < -0.3 is 23.4 Å². The molecule has 0 aliphatic rings. The van der Waals surface area contributed by atoms with Crippen molar-refractivity contribution in [2.75, 3.05) is 0 Å². The van der Waals surface area contributed by atoms with Gasteiger partial charge in [-0.25, -0.2) is 0 Å². The van der Waals surface area contributed by atoms with Gasteiger partial charge in [0.15, 0.2) is 6.29 Å². The molecule has 1 N–H and O–H groups in total. The van der Waals surface area contributed by atoms with Crippen molar-refractivity contribution in [1.29, 1.82) is 0 Å². The number of fused-ring (bicyclic) bond motifs is 4. The first-order valence-corrected chi connectivity index (χ1v) is 18.7. The number of nitrogens with zero attached hydrogens (tertiary/aromatic N) is 4. The Morgan fingerprint density at radius 2 is 0.759 bits per heavy atom. The first-order chi connectivity index (χ1) is 25.5. The zero-order valence-electron chi connectivity index (χ0n) is 34.9. The Bertz CT molecular complexity index is 2570. The zero-order chi connectivity index (χ0) is 39.8. The number of aliphatic hydroxyl groups is 1. The normalized spacial score (nSPS) is 11.0. The van der Waals surface area contributed by atoms with Crippen LogP contribution < -0.4 is 0 Å². The quantitative estimate of drug-likeness (QED) is 0.181. The fourth-order valence-corrected chi connectivity index (χ4v) is 8.25. The van der Waals surface area contributed by atoms with Gasteiger partial charge in [-0.15, -0.1) is 0 Å². The van der Waals surface area contributed by atoms with Gasteiger partial charge >= 0.3 is 0 Å². The van der Waals surface area contributed by atoms with Crippen molar-refractivity contribution >= 4 is 49.9 Å². The van der Waals surface area contributed by atoms with Crippen LogP contribution in [0.5, 0.6) is 0 Å². The summed E-state index contributed by atoms with van der Waals surface area (Å²) in [6, 6.07) is 17.2. The molecule has 0 fully saturated rings. The van der Waals surface area contributed by atoms with Gasteiger partial charge in [0.1, 0.15) is 0 Å². The molecular formula is C48H58N4O2. The standard InChI is InChI=1S/C12H15NO.C12H13NO.2C12H15N/c1-8-6-10(7-14)9(2)11-4-5-13(3)12(8)11;1-8-6-9(2)12-10(11(8)7-14)4-5-13(12)3;2*1-8-7-9(2)12-11(10(8)3)5-6-13(12)4/h4-6,14H,7H2,1-3H3;4-7H,1-3H3;2*5-7H,1-4H3. The van der Waals surface area contributed by atoms with Crippen molar-refractivity contribution in [3.63, 3.8) is 0 Å². The molecule has 0 spiro atoms. The van der Waals surface area contributed by atoms with Crippen molar-refractivity contribution in [3.8, 4) is 0 Å². The highest BCUT2D eigenvalue weighted by Gasteiger charge is 2.11. The lowest BCUT2D eigenvalue weighted by molar-refractivity contribution is 0.112. The van der Waals surface area contributed by atoms with Gasteiger partial charge in [0.2, 0.25) is 0 Å². The number of hydrogen-bond acceptors (Lipinski definition) is 2. The van der Waals surface area contributed by atoms with Gasteiger partial charge in [-0.3, -0.25) is 4.79 Å². The third-order valence-corrected chi connectivity index (χ3v) is 11.4. The van der Waals surface area contributed by atoms with Crippen LogP contribution in [0.2, 0.25) is 0 Å². The molecule has 0 aliphatic heterocycles. The number of aliphatic hydroxyl groups excluding tert-OH is 1. The van der Waals surface area contributed by atoms with E-state index in [-0.39, 0.29) is 6.61 Å². The molecule has 6 heteroatoms. The van der Waals surface area contributed by atoms with E-state index in [1.54, 1.807) is 0 Å². The maximum atomic E-state index is 11.0. The number of carbonyl (C=O) groups excluding carboxylic acids is 1. The number of benzene rings is 4. The second-order valence-corrected chi connectivity index (χ2v) is 15.2. The number of aryl methyl sites for hydroxylation is 14. The van der Waals surface area contributed by atoms with Crippen LogP contribution in [0.3, 0.4) is 0 Å². The minimum Gasteiger partial charge on any atom is -0.392 e. The van der Waals surface area contributed by atoms with Gasteiger partial charge in [-0.2, -0.15) is 0 Å². The molecule has 0 saturated carbocycles. The van der Waals surface area contributed by atoms with E-state index in [1.165, 1.54) is 82.8 Å². The van der Waals surface area contributed by atoms with Gasteiger partial charge in [0.05, 0.1) is 28.7 Å². The summed E-state index contributed by atoms with van der Waals surface area (Å²) in [4.78, 5) is 11.0. The van der Waals surface area contributed by atoms with E-state index in [1.807, 2.05) is 33.3 Å². The highest BCUT2D eigenvalue weighted by molar-refractivity contribution is 6.00. The molecule has 0 saturated heterocycles. The van der Waals surface area contributed by atoms with Gasteiger partial charge in [-0.05, 0) is 155 Å². The van der Waals surface area contributed by atoms with Crippen molar-refractivity contribution in [1.82, 2.24) is 18.3 Å². The molecule has 6 nitrogen and oxygen atoms in total. The molecular weight excluding hydrogens is 665 g/mol. The number of rotatable bonds is 2. The topological polar surface area (TPSA) is 57.0 Å². The van der Waals surface area contributed by atoms with Crippen molar-refractivity contribution in [2.45, 2.75) is 75.8 Å². The summed E-state index contributed by atoms with van der Waals surface area (Å²) >= 11 is 0. The molecule has 0 amide bonds. The first kappa shape index (κ1) is 39.9. The lowest BCUT2D eigenvalue weighted by Gasteiger charge is -2.08. The minimum absolute atomic E-state index is 0.123. The third kappa shape index (κ3) is 7.40. The highest BCUT2D eigenvalue weighted by Crippen LogP contribution is 2.28. The second kappa shape index (κ2) is 16.0. The maximum Gasteiger partial charge on any atom is 0.150 e. The molecule has 54 heavy (non-hydrogen) atoms. The SMILES string of the molecule is Cc1c(CO)cc(C)c2c1ccn2C.Cc1cc(C)c2c(ccn2C)c1C.Cc1cc(C)c2c(ccn2C)c1C.Cc1cc(C)c2c(ccn2C)c1C=O. The molecule has 4 aromatic heterocycles. The summed E-state index contributed by atoms with van der Waals surface area (Å²) in [6.07, 6.45) is 9.25. The van der Waals surface area contributed by atoms with Crippen LogP contribution >= 0.6 is 0 Å². The van der Waals surface area contributed by atoms with E-state index >= 15 is 0 Å². The lowest BCUT2D eigenvalue weighted by Crippen LogP contribution is -1.94. The monoisotopic (exact) mass is 722 g/mol. The number of carbonyl (C=O) groups is 1. The van der Waals surface area contributed by atoms with E-state index in [9.17, 15) is 9.90 Å². The molecule has 0 radical (unpaired) electrons. The largest absolute Gasteiger partial charge is 0.392 e. The van der Waals surface area contributed by atoms with Gasteiger partial charge in [-0.1, -0.05) is 24.3 Å². The van der Waals surface area contributed by atoms with Crippen molar-refractivity contribution in [2.24, 2.45) is 28.2 Å². The van der Waals surface area contributed by atoms with Crippen molar-refractivity contribution in [3.05, 3.63) is 140 Å². The van der Waals surface area contributed by atoms with Crippen LogP contribution in [-0.2, 0) is 34.8 Å². The average molecular weight is 723 g/mol. The molecule has 4 aromatic carbocycles. The number of hydrogen-bond donors (Lipinski definition) is 1. The molecule has 0 aliphatic carbocycles. The van der Waals surface area contributed by atoms with E-state index < -0.39 is 0 Å². The fraction of sp³-hybridized carbons (Fsp3) is 0.312. The van der Waals surface area contributed by atoms with Crippen LogP contribution in [0.15, 0.2) is 73.3 Å². The fourth-order valence-electron chi connectivity index (χ4n) is 8.25.